The number of benzene rings is 1. The first-order chi connectivity index (χ1) is 10.6. The fourth-order valence-electron chi connectivity index (χ4n) is 3.68. The number of fused-ring (bicyclic) bond motifs is 2. The fourth-order valence-corrected chi connectivity index (χ4v) is 3.68. The Kier molecular flexibility index (Phi) is 2.75. The molecule has 2 unspecified atom stereocenters. The van der Waals surface area contributed by atoms with Crippen LogP contribution in [-0.4, -0.2) is 47.4 Å². The number of likely N-dealkylation sites (tertiary alicyclic amines) is 1. The van der Waals surface area contributed by atoms with Gasteiger partial charge in [0, 0.05) is 5.92 Å². The van der Waals surface area contributed by atoms with Crippen LogP contribution in [0.5, 0.6) is 0 Å². The van der Waals surface area contributed by atoms with E-state index in [4.69, 9.17) is 9.47 Å². The number of rotatable bonds is 3. The van der Waals surface area contributed by atoms with Crippen molar-refractivity contribution in [2.75, 3.05) is 19.7 Å². The minimum Gasteiger partial charge on any atom is -0.481 e. The van der Waals surface area contributed by atoms with Crippen LogP contribution in [-0.2, 0) is 20.9 Å². The van der Waals surface area contributed by atoms with Gasteiger partial charge in [0.05, 0.1) is 25.1 Å². The van der Waals surface area contributed by atoms with E-state index in [2.05, 4.69) is 0 Å². The van der Waals surface area contributed by atoms with Crippen molar-refractivity contribution >= 4 is 12.1 Å². The predicted molar refractivity (Wildman–Crippen MR) is 75.1 cm³/mol. The molecule has 4 rings (SSSR count). The van der Waals surface area contributed by atoms with Crippen molar-refractivity contribution in [3.63, 3.8) is 0 Å². The van der Waals surface area contributed by atoms with Gasteiger partial charge in [-0.25, -0.2) is 4.79 Å². The molecule has 3 aliphatic rings. The average Bonchev–Trinajstić information content (AvgIpc) is 3.14. The maximum Gasteiger partial charge on any atom is 0.410 e. The largest absolute Gasteiger partial charge is 0.481 e. The lowest BCUT2D eigenvalue weighted by Gasteiger charge is -2.47. The van der Waals surface area contributed by atoms with Gasteiger partial charge in [-0.1, -0.05) is 30.3 Å². The molecule has 2 aliphatic heterocycles. The SMILES string of the molecule is O=C(OCc1ccccc1)N1CC2(C1)OCC1(C(=O)O)CC21. The molecular weight excluding hydrogens is 286 g/mol. The van der Waals surface area contributed by atoms with E-state index in [0.717, 1.165) is 5.56 Å². The minimum absolute atomic E-state index is 0.0377. The molecule has 1 N–H and O–H groups in total. The zero-order valence-corrected chi connectivity index (χ0v) is 12.0. The third-order valence-corrected chi connectivity index (χ3v) is 5.13. The van der Waals surface area contributed by atoms with E-state index in [1.54, 1.807) is 4.90 Å². The molecule has 2 saturated heterocycles. The van der Waals surface area contributed by atoms with Gasteiger partial charge in [-0.05, 0) is 12.0 Å². The van der Waals surface area contributed by atoms with Crippen LogP contribution in [0.2, 0.25) is 0 Å². The van der Waals surface area contributed by atoms with Crippen molar-refractivity contribution in [1.29, 1.82) is 0 Å². The zero-order valence-electron chi connectivity index (χ0n) is 12.0. The Morgan fingerprint density at radius 2 is 2.05 bits per heavy atom. The van der Waals surface area contributed by atoms with E-state index in [9.17, 15) is 14.7 Å². The lowest BCUT2D eigenvalue weighted by molar-refractivity contribution is -0.145. The molecule has 0 aromatic heterocycles. The summed E-state index contributed by atoms with van der Waals surface area (Å²) in [5.74, 6) is -0.741. The van der Waals surface area contributed by atoms with E-state index in [-0.39, 0.29) is 25.2 Å². The number of carboxylic acid groups (broad SMARTS) is 1. The Balaban J connectivity index is 1.31. The summed E-state index contributed by atoms with van der Waals surface area (Å²) in [7, 11) is 0. The molecule has 6 heteroatoms. The number of carboxylic acids is 1. The molecule has 1 amide bonds. The highest BCUT2D eigenvalue weighted by molar-refractivity contribution is 5.80. The maximum atomic E-state index is 12.0. The van der Waals surface area contributed by atoms with Crippen LogP contribution in [0.3, 0.4) is 0 Å². The number of nitrogens with zero attached hydrogens (tertiary/aromatic N) is 1. The average molecular weight is 303 g/mol. The lowest BCUT2D eigenvalue weighted by Crippen LogP contribution is -2.65. The van der Waals surface area contributed by atoms with E-state index in [1.165, 1.54) is 0 Å². The first-order valence-corrected chi connectivity index (χ1v) is 7.39. The molecule has 2 atom stereocenters. The Hall–Kier alpha value is -2.08. The molecule has 1 spiro atoms. The summed E-state index contributed by atoms with van der Waals surface area (Å²) in [6, 6.07) is 9.50. The number of aliphatic carboxylic acids is 1. The molecule has 22 heavy (non-hydrogen) atoms. The summed E-state index contributed by atoms with van der Waals surface area (Å²) in [6.45, 7) is 1.37. The van der Waals surface area contributed by atoms with Crippen molar-refractivity contribution in [1.82, 2.24) is 4.90 Å². The molecule has 0 radical (unpaired) electrons. The van der Waals surface area contributed by atoms with E-state index in [1.807, 2.05) is 30.3 Å². The molecule has 116 valence electrons. The minimum atomic E-state index is -0.778. The van der Waals surface area contributed by atoms with Crippen molar-refractivity contribution in [2.24, 2.45) is 11.3 Å². The Morgan fingerprint density at radius 1 is 1.32 bits per heavy atom. The number of hydrogen-bond acceptors (Lipinski definition) is 4. The topological polar surface area (TPSA) is 76.1 Å². The number of carbonyl (C=O) groups is 2. The number of amides is 1. The van der Waals surface area contributed by atoms with Crippen molar-refractivity contribution in [3.05, 3.63) is 35.9 Å². The number of ether oxygens (including phenoxy) is 2. The maximum absolute atomic E-state index is 12.0. The predicted octanol–water partition coefficient (Wildman–Crippen LogP) is 1.50. The number of carbonyl (C=O) groups excluding carboxylic acids is 1. The Bertz CT molecular complexity index is 625. The second kappa shape index (κ2) is 4.46. The molecular formula is C16H17NO5. The smallest absolute Gasteiger partial charge is 0.410 e. The molecule has 2 heterocycles. The van der Waals surface area contributed by atoms with Gasteiger partial charge in [0.25, 0.3) is 0 Å². The monoisotopic (exact) mass is 303 g/mol. The van der Waals surface area contributed by atoms with Gasteiger partial charge in [0.1, 0.15) is 12.2 Å². The second-order valence-electron chi connectivity index (χ2n) is 6.47. The standard InChI is InChI=1S/C16H17NO5/c18-13(19)15-6-12(15)16(22-10-15)8-17(9-16)14(20)21-7-11-4-2-1-3-5-11/h1-5,12H,6-10H2,(H,18,19). The first kappa shape index (κ1) is 13.6. The molecule has 0 bridgehead atoms. The first-order valence-electron chi connectivity index (χ1n) is 7.39. The highest BCUT2D eigenvalue weighted by Crippen LogP contribution is 2.66. The van der Waals surface area contributed by atoms with E-state index < -0.39 is 17.0 Å². The summed E-state index contributed by atoms with van der Waals surface area (Å²) in [6.07, 6.45) is 0.293. The van der Waals surface area contributed by atoms with Gasteiger partial charge in [-0.2, -0.15) is 0 Å². The fraction of sp³-hybridized carbons (Fsp3) is 0.500. The molecule has 1 aromatic rings. The highest BCUT2D eigenvalue weighted by atomic mass is 16.6. The molecule has 6 nitrogen and oxygen atoms in total. The summed E-state index contributed by atoms with van der Waals surface area (Å²) >= 11 is 0. The van der Waals surface area contributed by atoms with Crippen molar-refractivity contribution < 1.29 is 24.2 Å². The van der Waals surface area contributed by atoms with Crippen LogP contribution in [0.15, 0.2) is 30.3 Å². The van der Waals surface area contributed by atoms with Crippen molar-refractivity contribution in [3.8, 4) is 0 Å². The quantitative estimate of drug-likeness (QED) is 0.915. The Morgan fingerprint density at radius 3 is 2.64 bits per heavy atom. The van der Waals surface area contributed by atoms with Crippen molar-refractivity contribution in [2.45, 2.75) is 18.6 Å². The summed E-state index contributed by atoms with van der Waals surface area (Å²) in [4.78, 5) is 24.9. The third-order valence-electron chi connectivity index (χ3n) is 5.13. The molecule has 3 fully saturated rings. The van der Waals surface area contributed by atoms with Crippen LogP contribution >= 0.6 is 0 Å². The summed E-state index contributed by atoms with van der Waals surface area (Å²) in [5.41, 5.74) is -0.209. The van der Waals surface area contributed by atoms with Crippen LogP contribution in [0.25, 0.3) is 0 Å². The van der Waals surface area contributed by atoms with E-state index in [0.29, 0.717) is 19.5 Å². The normalized spacial score (nSPS) is 30.5. The van der Waals surface area contributed by atoms with Gasteiger partial charge in [0.2, 0.25) is 0 Å². The van der Waals surface area contributed by atoms with Gasteiger partial charge in [0.15, 0.2) is 0 Å². The second-order valence-corrected chi connectivity index (χ2v) is 6.47. The van der Waals surface area contributed by atoms with Gasteiger partial charge >= 0.3 is 12.1 Å². The zero-order chi connectivity index (χ0) is 15.4. The molecule has 1 aromatic carbocycles. The lowest BCUT2D eigenvalue weighted by atomic mass is 9.87. The number of hydrogen-bond donors (Lipinski definition) is 1. The summed E-state index contributed by atoms with van der Waals surface area (Å²) < 4.78 is 11.0. The third kappa shape index (κ3) is 1.83. The van der Waals surface area contributed by atoms with Crippen LogP contribution in [0, 0.1) is 11.3 Å². The Labute approximate surface area is 127 Å². The van der Waals surface area contributed by atoms with Crippen LogP contribution < -0.4 is 0 Å². The van der Waals surface area contributed by atoms with Gasteiger partial charge < -0.3 is 19.5 Å². The summed E-state index contributed by atoms with van der Waals surface area (Å²) in [5, 5.41) is 9.27. The van der Waals surface area contributed by atoms with Gasteiger partial charge in [-0.15, -0.1) is 0 Å². The van der Waals surface area contributed by atoms with Gasteiger partial charge in [-0.3, -0.25) is 4.79 Å². The highest BCUT2D eigenvalue weighted by Gasteiger charge is 2.77. The molecule has 1 saturated carbocycles. The van der Waals surface area contributed by atoms with Crippen LogP contribution in [0.4, 0.5) is 4.79 Å². The van der Waals surface area contributed by atoms with E-state index >= 15 is 0 Å². The van der Waals surface area contributed by atoms with Crippen LogP contribution in [0.1, 0.15) is 12.0 Å². The molecule has 1 aliphatic carbocycles.